The van der Waals surface area contributed by atoms with Gasteiger partial charge in [-0.3, -0.25) is 4.99 Å². The predicted molar refractivity (Wildman–Crippen MR) is 105 cm³/mol. The molecule has 0 saturated carbocycles. The minimum atomic E-state index is 1.04. The molecule has 1 nitrogen and oxygen atoms in total. The first-order chi connectivity index (χ1) is 11.6. The number of aryl methyl sites for hydroxylation is 3. The average Bonchev–Trinajstić information content (AvgIpc) is 2.59. The lowest BCUT2D eigenvalue weighted by molar-refractivity contribution is 1.35. The largest absolute Gasteiger partial charge is 0.256 e. The van der Waals surface area contributed by atoms with E-state index in [-0.39, 0.29) is 0 Å². The molecule has 3 aromatic carbocycles. The molecule has 0 saturated heterocycles. The highest BCUT2D eigenvalue weighted by molar-refractivity contribution is 7.99. The van der Waals surface area contributed by atoms with Gasteiger partial charge in [0.15, 0.2) is 0 Å². The van der Waals surface area contributed by atoms with E-state index in [1.807, 2.05) is 6.21 Å². The number of rotatable bonds is 4. The number of nitrogens with zero attached hydrogens (tertiary/aromatic N) is 1. The standard InChI is InChI=1S/C22H21NS/c1-16-5-10-20(11-6-16)24-21-12-8-19(9-13-21)15-23-22-14-17(2)4-7-18(22)3/h4-15H,1-3H3. The van der Waals surface area contributed by atoms with Crippen LogP contribution in [0.2, 0.25) is 0 Å². The van der Waals surface area contributed by atoms with E-state index in [4.69, 9.17) is 0 Å². The minimum Gasteiger partial charge on any atom is -0.256 e. The van der Waals surface area contributed by atoms with Crippen molar-refractivity contribution in [3.05, 3.63) is 89.0 Å². The van der Waals surface area contributed by atoms with Gasteiger partial charge in [0.2, 0.25) is 0 Å². The molecule has 2 heteroatoms. The van der Waals surface area contributed by atoms with Crippen molar-refractivity contribution in [3.8, 4) is 0 Å². The van der Waals surface area contributed by atoms with Crippen molar-refractivity contribution < 1.29 is 0 Å². The fourth-order valence-corrected chi connectivity index (χ4v) is 3.18. The summed E-state index contributed by atoms with van der Waals surface area (Å²) in [6.45, 7) is 6.29. The summed E-state index contributed by atoms with van der Waals surface area (Å²) in [5, 5.41) is 0. The molecule has 0 spiro atoms. The van der Waals surface area contributed by atoms with Gasteiger partial charge in [0.05, 0.1) is 5.69 Å². The van der Waals surface area contributed by atoms with E-state index < -0.39 is 0 Å². The third-order valence-electron chi connectivity index (χ3n) is 3.85. The summed E-state index contributed by atoms with van der Waals surface area (Å²) in [6.07, 6.45) is 1.93. The quantitative estimate of drug-likeness (QED) is 0.496. The summed E-state index contributed by atoms with van der Waals surface area (Å²) in [6, 6.07) is 23.5. The smallest absolute Gasteiger partial charge is 0.0661 e. The van der Waals surface area contributed by atoms with Crippen molar-refractivity contribution in [3.63, 3.8) is 0 Å². The Labute approximate surface area is 148 Å². The van der Waals surface area contributed by atoms with Crippen LogP contribution in [0.5, 0.6) is 0 Å². The molecule has 0 N–H and O–H groups in total. The van der Waals surface area contributed by atoms with Gasteiger partial charge in [-0.25, -0.2) is 0 Å². The van der Waals surface area contributed by atoms with Crippen LogP contribution in [-0.2, 0) is 0 Å². The van der Waals surface area contributed by atoms with Gasteiger partial charge in [0.25, 0.3) is 0 Å². The molecule has 0 aliphatic rings. The summed E-state index contributed by atoms with van der Waals surface area (Å²) in [7, 11) is 0. The topological polar surface area (TPSA) is 12.4 Å². The summed E-state index contributed by atoms with van der Waals surface area (Å²) in [4.78, 5) is 7.13. The molecule has 0 heterocycles. The molecule has 0 aliphatic heterocycles. The van der Waals surface area contributed by atoms with E-state index in [9.17, 15) is 0 Å². The maximum Gasteiger partial charge on any atom is 0.0661 e. The molecule has 0 aliphatic carbocycles. The monoisotopic (exact) mass is 331 g/mol. The molecule has 3 aromatic rings. The third-order valence-corrected chi connectivity index (χ3v) is 4.87. The van der Waals surface area contributed by atoms with E-state index in [0.717, 1.165) is 11.3 Å². The maximum absolute atomic E-state index is 4.63. The molecule has 0 unspecified atom stereocenters. The van der Waals surface area contributed by atoms with Gasteiger partial charge in [-0.2, -0.15) is 0 Å². The van der Waals surface area contributed by atoms with Crippen LogP contribution in [0, 0.1) is 20.8 Å². The van der Waals surface area contributed by atoms with E-state index in [0.29, 0.717) is 0 Å². The van der Waals surface area contributed by atoms with E-state index in [2.05, 4.69) is 92.5 Å². The Balaban J connectivity index is 1.71. The average molecular weight is 331 g/mol. The first-order valence-corrected chi connectivity index (χ1v) is 8.88. The Hall–Kier alpha value is -2.32. The van der Waals surface area contributed by atoms with Crippen LogP contribution in [0.15, 0.2) is 81.5 Å². The van der Waals surface area contributed by atoms with Crippen molar-refractivity contribution in [2.24, 2.45) is 4.99 Å². The highest BCUT2D eigenvalue weighted by Crippen LogP contribution is 2.28. The van der Waals surface area contributed by atoms with Gasteiger partial charge < -0.3 is 0 Å². The molecule has 24 heavy (non-hydrogen) atoms. The maximum atomic E-state index is 4.63. The highest BCUT2D eigenvalue weighted by atomic mass is 32.2. The van der Waals surface area contributed by atoms with Gasteiger partial charge in [0.1, 0.15) is 0 Å². The lowest BCUT2D eigenvalue weighted by Gasteiger charge is -2.03. The molecular weight excluding hydrogens is 310 g/mol. The van der Waals surface area contributed by atoms with Crippen molar-refractivity contribution in [2.45, 2.75) is 30.6 Å². The number of hydrogen-bond donors (Lipinski definition) is 0. The molecule has 0 atom stereocenters. The lowest BCUT2D eigenvalue weighted by atomic mass is 10.1. The normalized spacial score (nSPS) is 11.1. The van der Waals surface area contributed by atoms with Crippen molar-refractivity contribution in [2.75, 3.05) is 0 Å². The summed E-state index contributed by atoms with van der Waals surface area (Å²) in [5.74, 6) is 0. The van der Waals surface area contributed by atoms with Gasteiger partial charge >= 0.3 is 0 Å². The molecule has 0 fully saturated rings. The van der Waals surface area contributed by atoms with E-state index >= 15 is 0 Å². The zero-order chi connectivity index (χ0) is 16.9. The Morgan fingerprint density at radius 3 is 1.96 bits per heavy atom. The fraction of sp³-hybridized carbons (Fsp3) is 0.136. The van der Waals surface area contributed by atoms with Gasteiger partial charge in [-0.1, -0.05) is 53.7 Å². The zero-order valence-electron chi connectivity index (χ0n) is 14.3. The SMILES string of the molecule is Cc1ccc(Sc2ccc(C=Nc3cc(C)ccc3C)cc2)cc1. The van der Waals surface area contributed by atoms with Crippen LogP contribution in [0.3, 0.4) is 0 Å². The fourth-order valence-electron chi connectivity index (χ4n) is 2.37. The third kappa shape index (κ3) is 4.36. The van der Waals surface area contributed by atoms with E-state index in [1.54, 1.807) is 11.8 Å². The van der Waals surface area contributed by atoms with Crippen LogP contribution in [0.1, 0.15) is 22.3 Å². The highest BCUT2D eigenvalue weighted by Gasteiger charge is 1.99. The Morgan fingerprint density at radius 1 is 0.708 bits per heavy atom. The first-order valence-electron chi connectivity index (χ1n) is 8.06. The number of hydrogen-bond acceptors (Lipinski definition) is 2. The molecular formula is C22H21NS. The van der Waals surface area contributed by atoms with Gasteiger partial charge in [0, 0.05) is 16.0 Å². The lowest BCUT2D eigenvalue weighted by Crippen LogP contribution is -1.83. The second-order valence-corrected chi connectivity index (χ2v) is 7.18. The Morgan fingerprint density at radius 2 is 1.29 bits per heavy atom. The van der Waals surface area contributed by atoms with Crippen LogP contribution in [0.4, 0.5) is 5.69 Å². The van der Waals surface area contributed by atoms with Crippen LogP contribution in [0.25, 0.3) is 0 Å². The Kier molecular flexibility index (Phi) is 5.17. The minimum absolute atomic E-state index is 1.04. The summed E-state index contributed by atoms with van der Waals surface area (Å²) in [5.41, 5.74) is 5.87. The number of benzene rings is 3. The van der Waals surface area contributed by atoms with Crippen molar-refractivity contribution in [1.82, 2.24) is 0 Å². The summed E-state index contributed by atoms with van der Waals surface area (Å²) >= 11 is 1.78. The van der Waals surface area contributed by atoms with Crippen LogP contribution < -0.4 is 0 Å². The Bertz CT molecular complexity index is 846. The summed E-state index contributed by atoms with van der Waals surface area (Å²) < 4.78 is 0. The molecule has 0 aromatic heterocycles. The van der Waals surface area contributed by atoms with Crippen molar-refractivity contribution in [1.29, 1.82) is 0 Å². The van der Waals surface area contributed by atoms with Gasteiger partial charge in [-0.15, -0.1) is 0 Å². The van der Waals surface area contributed by atoms with Crippen molar-refractivity contribution >= 4 is 23.7 Å². The first kappa shape index (κ1) is 16.5. The predicted octanol–water partition coefficient (Wildman–Crippen LogP) is 6.51. The molecule has 3 rings (SSSR count). The molecule has 120 valence electrons. The molecule has 0 radical (unpaired) electrons. The molecule has 0 amide bonds. The second kappa shape index (κ2) is 7.50. The van der Waals surface area contributed by atoms with Crippen LogP contribution in [-0.4, -0.2) is 6.21 Å². The molecule has 0 bridgehead atoms. The van der Waals surface area contributed by atoms with Crippen LogP contribution >= 0.6 is 11.8 Å². The number of aliphatic imine (C=N–C) groups is 1. The second-order valence-electron chi connectivity index (χ2n) is 6.03. The van der Waals surface area contributed by atoms with Gasteiger partial charge in [-0.05, 0) is 67.8 Å². The zero-order valence-corrected chi connectivity index (χ0v) is 15.1. The van der Waals surface area contributed by atoms with E-state index in [1.165, 1.54) is 26.5 Å².